The highest BCUT2D eigenvalue weighted by Gasteiger charge is 2.30. The lowest BCUT2D eigenvalue weighted by molar-refractivity contribution is 0.431. The molecule has 0 bridgehead atoms. The van der Waals surface area contributed by atoms with E-state index in [0.29, 0.717) is 0 Å². The third-order valence-electron chi connectivity index (χ3n) is 3.85. The van der Waals surface area contributed by atoms with E-state index in [0.717, 1.165) is 30.6 Å². The standard InChI is InChI=1S/C15H19NOS/c1-11-7-8-14(9-12(11)2)18(17)15-6-4-3-5-13(15)10-16/h7-9,13,15H,3-6H2,1-2H3. The highest BCUT2D eigenvalue weighted by Crippen LogP contribution is 2.31. The molecule has 1 aromatic carbocycles. The fraction of sp³-hybridized carbons (Fsp3) is 0.533. The van der Waals surface area contributed by atoms with Gasteiger partial charge in [0, 0.05) is 4.90 Å². The Labute approximate surface area is 111 Å². The van der Waals surface area contributed by atoms with Gasteiger partial charge in [0.05, 0.1) is 28.0 Å². The zero-order chi connectivity index (χ0) is 13.1. The van der Waals surface area contributed by atoms with Gasteiger partial charge in [0.1, 0.15) is 0 Å². The lowest BCUT2D eigenvalue weighted by Crippen LogP contribution is -2.28. The Morgan fingerprint density at radius 3 is 2.61 bits per heavy atom. The van der Waals surface area contributed by atoms with Crippen molar-refractivity contribution in [1.82, 2.24) is 0 Å². The molecule has 1 fully saturated rings. The van der Waals surface area contributed by atoms with Gasteiger partial charge in [-0.05, 0) is 49.9 Å². The maximum atomic E-state index is 12.6. The Morgan fingerprint density at radius 1 is 1.22 bits per heavy atom. The number of nitrogens with zero attached hydrogens (tertiary/aromatic N) is 1. The molecule has 0 amide bonds. The largest absolute Gasteiger partial charge is 0.254 e. The van der Waals surface area contributed by atoms with Gasteiger partial charge in [-0.3, -0.25) is 4.21 Å². The van der Waals surface area contributed by atoms with Crippen LogP contribution in [0.5, 0.6) is 0 Å². The van der Waals surface area contributed by atoms with Crippen molar-refractivity contribution in [3.8, 4) is 6.07 Å². The minimum Gasteiger partial charge on any atom is -0.254 e. The quantitative estimate of drug-likeness (QED) is 0.817. The molecular weight excluding hydrogens is 242 g/mol. The van der Waals surface area contributed by atoms with Gasteiger partial charge in [-0.2, -0.15) is 5.26 Å². The molecule has 0 saturated heterocycles. The number of hydrogen-bond acceptors (Lipinski definition) is 2. The second kappa shape index (κ2) is 5.67. The SMILES string of the molecule is Cc1ccc(S(=O)C2CCCCC2C#N)cc1C. The van der Waals surface area contributed by atoms with Crippen molar-refractivity contribution in [3.63, 3.8) is 0 Å². The maximum Gasteiger partial charge on any atom is 0.0668 e. The number of nitriles is 1. The lowest BCUT2D eigenvalue weighted by atomic mass is 9.90. The van der Waals surface area contributed by atoms with Gasteiger partial charge in [-0.25, -0.2) is 0 Å². The molecule has 0 heterocycles. The molecule has 3 unspecified atom stereocenters. The molecule has 0 aliphatic heterocycles. The molecule has 0 spiro atoms. The molecule has 96 valence electrons. The van der Waals surface area contributed by atoms with Gasteiger partial charge in [0.2, 0.25) is 0 Å². The second-order valence-electron chi connectivity index (χ2n) is 5.10. The van der Waals surface area contributed by atoms with E-state index in [2.05, 4.69) is 13.0 Å². The van der Waals surface area contributed by atoms with E-state index >= 15 is 0 Å². The molecule has 0 N–H and O–H groups in total. The molecule has 1 aliphatic carbocycles. The zero-order valence-corrected chi connectivity index (χ0v) is 11.8. The number of benzene rings is 1. The fourth-order valence-electron chi connectivity index (χ4n) is 2.51. The smallest absolute Gasteiger partial charge is 0.0668 e. The molecule has 1 saturated carbocycles. The summed E-state index contributed by atoms with van der Waals surface area (Å²) >= 11 is 0. The highest BCUT2D eigenvalue weighted by atomic mass is 32.2. The normalized spacial score (nSPS) is 25.4. The van der Waals surface area contributed by atoms with Crippen LogP contribution in [0.1, 0.15) is 36.8 Å². The molecule has 2 nitrogen and oxygen atoms in total. The fourth-order valence-corrected chi connectivity index (χ4v) is 4.24. The summed E-state index contributed by atoms with van der Waals surface area (Å²) in [6.45, 7) is 4.10. The first-order valence-corrected chi connectivity index (χ1v) is 7.72. The van der Waals surface area contributed by atoms with Crippen LogP contribution in [0.2, 0.25) is 0 Å². The van der Waals surface area contributed by atoms with E-state index in [1.165, 1.54) is 11.1 Å². The summed E-state index contributed by atoms with van der Waals surface area (Å²) in [6.07, 6.45) is 4.01. The summed E-state index contributed by atoms with van der Waals surface area (Å²) in [5.41, 5.74) is 2.39. The van der Waals surface area contributed by atoms with Crippen LogP contribution in [0.3, 0.4) is 0 Å². The number of hydrogen-bond donors (Lipinski definition) is 0. The Hall–Kier alpha value is -1.14. The van der Waals surface area contributed by atoms with Crippen molar-refractivity contribution < 1.29 is 4.21 Å². The molecular formula is C15H19NOS. The second-order valence-corrected chi connectivity index (χ2v) is 6.77. The van der Waals surface area contributed by atoms with E-state index in [1.54, 1.807) is 0 Å². The van der Waals surface area contributed by atoms with Crippen LogP contribution in [0.4, 0.5) is 0 Å². The van der Waals surface area contributed by atoms with Gasteiger partial charge in [-0.15, -0.1) is 0 Å². The third-order valence-corrected chi connectivity index (χ3v) is 5.69. The molecule has 3 atom stereocenters. The first-order valence-electron chi connectivity index (χ1n) is 6.51. The monoisotopic (exact) mass is 261 g/mol. The van der Waals surface area contributed by atoms with Gasteiger partial charge in [0.15, 0.2) is 0 Å². The first kappa shape index (κ1) is 13.3. The minimum absolute atomic E-state index is 0.0193. The molecule has 0 aromatic heterocycles. The summed E-state index contributed by atoms with van der Waals surface area (Å²) in [4.78, 5) is 0.880. The van der Waals surface area contributed by atoms with Crippen LogP contribution in [0.25, 0.3) is 0 Å². The minimum atomic E-state index is -1.04. The zero-order valence-electron chi connectivity index (χ0n) is 11.0. The van der Waals surface area contributed by atoms with E-state index in [1.807, 2.05) is 25.1 Å². The van der Waals surface area contributed by atoms with Crippen molar-refractivity contribution in [2.24, 2.45) is 5.92 Å². The summed E-state index contributed by atoms with van der Waals surface area (Å²) in [6, 6.07) is 8.31. The van der Waals surface area contributed by atoms with Crippen LogP contribution < -0.4 is 0 Å². The van der Waals surface area contributed by atoms with Crippen molar-refractivity contribution in [2.75, 3.05) is 0 Å². The van der Waals surface area contributed by atoms with Crippen LogP contribution in [0.15, 0.2) is 23.1 Å². The third kappa shape index (κ3) is 2.64. The predicted molar refractivity (Wildman–Crippen MR) is 73.7 cm³/mol. The summed E-state index contributed by atoms with van der Waals surface area (Å²) in [7, 11) is -1.04. The maximum absolute atomic E-state index is 12.6. The highest BCUT2D eigenvalue weighted by molar-refractivity contribution is 7.85. The van der Waals surface area contributed by atoms with Crippen LogP contribution >= 0.6 is 0 Å². The van der Waals surface area contributed by atoms with E-state index in [-0.39, 0.29) is 11.2 Å². The summed E-state index contributed by atoms with van der Waals surface area (Å²) in [5.74, 6) is -0.0406. The van der Waals surface area contributed by atoms with Crippen LogP contribution in [-0.4, -0.2) is 9.46 Å². The van der Waals surface area contributed by atoms with Gasteiger partial charge in [0.25, 0.3) is 0 Å². The average Bonchev–Trinajstić information content (AvgIpc) is 2.41. The van der Waals surface area contributed by atoms with Crippen LogP contribution in [-0.2, 0) is 10.8 Å². The first-order chi connectivity index (χ1) is 8.63. The van der Waals surface area contributed by atoms with Gasteiger partial charge < -0.3 is 0 Å². The Morgan fingerprint density at radius 2 is 1.94 bits per heavy atom. The van der Waals surface area contributed by atoms with E-state index < -0.39 is 10.8 Å². The summed E-state index contributed by atoms with van der Waals surface area (Å²) < 4.78 is 12.6. The van der Waals surface area contributed by atoms with Crippen molar-refractivity contribution >= 4 is 10.8 Å². The molecule has 1 aliphatic rings. The average molecular weight is 261 g/mol. The van der Waals surface area contributed by atoms with Crippen molar-refractivity contribution in [2.45, 2.75) is 49.7 Å². The Kier molecular flexibility index (Phi) is 4.19. The van der Waals surface area contributed by atoms with Crippen LogP contribution in [0, 0.1) is 31.1 Å². The summed E-state index contributed by atoms with van der Waals surface area (Å²) in [5, 5.41) is 9.19. The molecule has 0 radical (unpaired) electrons. The molecule has 3 heteroatoms. The number of rotatable bonds is 2. The van der Waals surface area contributed by atoms with Gasteiger partial charge in [-0.1, -0.05) is 18.9 Å². The topological polar surface area (TPSA) is 40.9 Å². The van der Waals surface area contributed by atoms with E-state index in [9.17, 15) is 9.47 Å². The van der Waals surface area contributed by atoms with E-state index in [4.69, 9.17) is 0 Å². The Bertz CT molecular complexity index is 504. The molecule has 18 heavy (non-hydrogen) atoms. The predicted octanol–water partition coefficient (Wildman–Crippen LogP) is 3.49. The van der Waals surface area contributed by atoms with Crippen molar-refractivity contribution in [1.29, 1.82) is 5.26 Å². The number of aryl methyl sites for hydroxylation is 2. The molecule has 2 rings (SSSR count). The molecule has 1 aromatic rings. The lowest BCUT2D eigenvalue weighted by Gasteiger charge is -2.26. The Balaban J connectivity index is 2.24. The van der Waals surface area contributed by atoms with Crippen molar-refractivity contribution in [3.05, 3.63) is 29.3 Å². The van der Waals surface area contributed by atoms with Gasteiger partial charge >= 0.3 is 0 Å².